The van der Waals surface area contributed by atoms with Gasteiger partial charge in [0.1, 0.15) is 6.61 Å². The van der Waals surface area contributed by atoms with Gasteiger partial charge >= 0.3 is 19.8 Å². The second-order valence-corrected chi connectivity index (χ2v) is 14.8. The lowest BCUT2D eigenvalue weighted by molar-refractivity contribution is -0.161. The predicted octanol–water partition coefficient (Wildman–Crippen LogP) is 12.3. The summed E-state index contributed by atoms with van der Waals surface area (Å²) in [5, 5.41) is 0. The van der Waals surface area contributed by atoms with Crippen molar-refractivity contribution in [2.24, 2.45) is 0 Å². The molecule has 0 amide bonds. The molecule has 0 aliphatic rings. The Kier molecular flexibility index (Phi) is 36.3. The smallest absolute Gasteiger partial charge is 0.462 e. The second-order valence-electron chi connectivity index (χ2n) is 13.6. The van der Waals surface area contributed by atoms with Gasteiger partial charge in [0.05, 0.1) is 6.61 Å². The molecule has 9 heteroatoms. The van der Waals surface area contributed by atoms with Crippen molar-refractivity contribution in [1.29, 1.82) is 0 Å². The summed E-state index contributed by atoms with van der Waals surface area (Å²) < 4.78 is 26.4. The molecule has 0 heterocycles. The van der Waals surface area contributed by atoms with Crippen molar-refractivity contribution >= 4 is 19.8 Å². The summed E-state index contributed by atoms with van der Waals surface area (Å²) in [5.74, 6) is -0.909. The number of unbranched alkanes of at least 4 members (excludes halogenated alkanes) is 19. The Bertz CT molecular complexity index is 968. The number of rotatable bonds is 37. The van der Waals surface area contributed by atoms with Crippen LogP contribution in [0.25, 0.3) is 0 Å². The van der Waals surface area contributed by atoms with Gasteiger partial charge in [0.2, 0.25) is 0 Å². The zero-order valence-electron chi connectivity index (χ0n) is 32.5. The topological polar surface area (TPSA) is 119 Å². The van der Waals surface area contributed by atoms with Crippen LogP contribution in [0.3, 0.4) is 0 Å². The van der Waals surface area contributed by atoms with Crippen LogP contribution < -0.4 is 0 Å². The van der Waals surface area contributed by atoms with Crippen LogP contribution in [0, 0.1) is 0 Å². The van der Waals surface area contributed by atoms with Crippen molar-refractivity contribution < 1.29 is 37.9 Å². The SMILES string of the molecule is CC/C=C\C/C=C\C/C=C\C/C=C\CCCCCCC(=O)OC(COC(=O)CCCCCCCCCCCCCCCCCC)COP(=O)(O)O. The number of hydrogen-bond acceptors (Lipinski definition) is 6. The van der Waals surface area contributed by atoms with Crippen LogP contribution >= 0.6 is 7.82 Å². The summed E-state index contributed by atoms with van der Waals surface area (Å²) in [4.78, 5) is 42.8. The molecule has 0 aromatic carbocycles. The highest BCUT2D eigenvalue weighted by Gasteiger charge is 2.22. The molecular formula is C42H75O8P. The first-order chi connectivity index (χ1) is 24.8. The van der Waals surface area contributed by atoms with E-state index in [0.29, 0.717) is 6.42 Å². The fraction of sp³-hybridized carbons (Fsp3) is 0.762. The molecule has 0 aliphatic heterocycles. The lowest BCUT2D eigenvalue weighted by atomic mass is 10.0. The molecule has 1 atom stereocenters. The van der Waals surface area contributed by atoms with Crippen LogP contribution in [0.1, 0.15) is 187 Å². The summed E-state index contributed by atoms with van der Waals surface area (Å²) in [6, 6.07) is 0. The van der Waals surface area contributed by atoms with Gasteiger partial charge in [0.15, 0.2) is 6.10 Å². The zero-order chi connectivity index (χ0) is 37.5. The van der Waals surface area contributed by atoms with Gasteiger partial charge in [0, 0.05) is 12.8 Å². The Labute approximate surface area is 312 Å². The molecular weight excluding hydrogens is 663 g/mol. The third-order valence-corrected chi connectivity index (χ3v) is 9.10. The molecule has 0 bridgehead atoms. The fourth-order valence-electron chi connectivity index (χ4n) is 5.60. The van der Waals surface area contributed by atoms with Gasteiger partial charge in [0.25, 0.3) is 0 Å². The average Bonchev–Trinajstić information content (AvgIpc) is 3.10. The number of ether oxygens (including phenoxy) is 2. The van der Waals surface area contributed by atoms with E-state index in [1.807, 2.05) is 0 Å². The van der Waals surface area contributed by atoms with Gasteiger partial charge in [-0.15, -0.1) is 0 Å². The fourth-order valence-corrected chi connectivity index (χ4v) is 5.96. The van der Waals surface area contributed by atoms with Crippen molar-refractivity contribution in [1.82, 2.24) is 0 Å². The minimum atomic E-state index is -4.76. The number of esters is 2. The van der Waals surface area contributed by atoms with E-state index in [0.717, 1.165) is 70.6 Å². The number of carbonyl (C=O) groups is 2. The second kappa shape index (κ2) is 37.8. The van der Waals surface area contributed by atoms with E-state index in [1.54, 1.807) is 0 Å². The summed E-state index contributed by atoms with van der Waals surface area (Å²) in [5.41, 5.74) is 0. The van der Waals surface area contributed by atoms with Gasteiger partial charge in [-0.3, -0.25) is 14.1 Å². The van der Waals surface area contributed by atoms with Crippen LogP contribution in [-0.4, -0.2) is 41.0 Å². The highest BCUT2D eigenvalue weighted by Crippen LogP contribution is 2.36. The van der Waals surface area contributed by atoms with E-state index in [9.17, 15) is 14.2 Å². The van der Waals surface area contributed by atoms with Crippen LogP contribution in [0.2, 0.25) is 0 Å². The predicted molar refractivity (Wildman–Crippen MR) is 211 cm³/mol. The molecule has 0 fully saturated rings. The summed E-state index contributed by atoms with van der Waals surface area (Å²) in [7, 11) is -4.76. The highest BCUT2D eigenvalue weighted by molar-refractivity contribution is 7.46. The van der Waals surface area contributed by atoms with Gasteiger partial charge < -0.3 is 19.3 Å². The Morgan fingerprint density at radius 2 is 0.941 bits per heavy atom. The van der Waals surface area contributed by atoms with Crippen LogP contribution in [0.5, 0.6) is 0 Å². The number of hydrogen-bond donors (Lipinski definition) is 2. The number of phosphoric ester groups is 1. The Balaban J connectivity index is 3.97. The molecule has 296 valence electrons. The largest absolute Gasteiger partial charge is 0.469 e. The number of carbonyl (C=O) groups excluding carboxylic acids is 2. The van der Waals surface area contributed by atoms with Crippen LogP contribution in [-0.2, 0) is 28.2 Å². The highest BCUT2D eigenvalue weighted by atomic mass is 31.2. The van der Waals surface area contributed by atoms with Gasteiger partial charge in [-0.25, -0.2) is 4.57 Å². The normalized spacial score (nSPS) is 12.9. The van der Waals surface area contributed by atoms with Crippen LogP contribution in [0.4, 0.5) is 0 Å². The first-order valence-electron chi connectivity index (χ1n) is 20.4. The van der Waals surface area contributed by atoms with Gasteiger partial charge in [-0.05, 0) is 51.4 Å². The molecule has 0 saturated carbocycles. The molecule has 2 N–H and O–H groups in total. The van der Waals surface area contributed by atoms with E-state index >= 15 is 0 Å². The Morgan fingerprint density at radius 1 is 0.529 bits per heavy atom. The quantitative estimate of drug-likeness (QED) is 0.0280. The molecule has 1 unspecified atom stereocenters. The van der Waals surface area contributed by atoms with Gasteiger partial charge in [-0.1, -0.05) is 172 Å². The molecule has 0 spiro atoms. The first kappa shape index (κ1) is 49.0. The molecule has 8 nitrogen and oxygen atoms in total. The van der Waals surface area contributed by atoms with E-state index < -0.39 is 32.5 Å². The van der Waals surface area contributed by atoms with E-state index in [4.69, 9.17) is 19.3 Å². The molecule has 0 radical (unpaired) electrons. The number of phosphoric acid groups is 1. The maximum absolute atomic E-state index is 12.4. The van der Waals surface area contributed by atoms with E-state index in [1.165, 1.54) is 83.5 Å². The Hall–Kier alpha value is -1.99. The minimum Gasteiger partial charge on any atom is -0.462 e. The maximum atomic E-state index is 12.4. The average molecular weight is 739 g/mol. The van der Waals surface area contributed by atoms with Gasteiger partial charge in [-0.2, -0.15) is 0 Å². The zero-order valence-corrected chi connectivity index (χ0v) is 33.4. The van der Waals surface area contributed by atoms with Crippen molar-refractivity contribution in [3.05, 3.63) is 48.6 Å². The van der Waals surface area contributed by atoms with Crippen molar-refractivity contribution in [2.45, 2.75) is 193 Å². The molecule has 51 heavy (non-hydrogen) atoms. The molecule has 0 rings (SSSR count). The van der Waals surface area contributed by atoms with Crippen molar-refractivity contribution in [3.63, 3.8) is 0 Å². The molecule has 0 aromatic rings. The Morgan fingerprint density at radius 3 is 1.41 bits per heavy atom. The third-order valence-electron chi connectivity index (χ3n) is 8.61. The molecule has 0 aliphatic carbocycles. The van der Waals surface area contributed by atoms with E-state index in [-0.39, 0.29) is 19.4 Å². The standard InChI is InChI=1S/C42H75O8P/c1-3-5-7-9-11-13-15-17-19-21-23-25-27-29-31-33-35-37-42(44)50-40(39-49-51(45,46)47)38-48-41(43)36-34-32-30-28-26-24-22-20-18-16-14-12-10-8-6-4-2/h5,7,11,13,17,19,23,25,40H,3-4,6,8-10,12,14-16,18,20-22,24,26-39H2,1-2H3,(H2,45,46,47)/b7-5-,13-11-,19-17-,25-23-. The molecule has 0 aromatic heterocycles. The van der Waals surface area contributed by atoms with Crippen molar-refractivity contribution in [3.8, 4) is 0 Å². The number of allylic oxidation sites excluding steroid dienone is 8. The minimum absolute atomic E-state index is 0.184. The van der Waals surface area contributed by atoms with Crippen molar-refractivity contribution in [2.75, 3.05) is 13.2 Å². The monoisotopic (exact) mass is 739 g/mol. The maximum Gasteiger partial charge on any atom is 0.469 e. The third kappa shape index (κ3) is 40.6. The summed E-state index contributed by atoms with van der Waals surface area (Å²) in [6.07, 6.45) is 45.4. The lowest BCUT2D eigenvalue weighted by Crippen LogP contribution is -2.29. The van der Waals surface area contributed by atoms with E-state index in [2.05, 4.69) is 67.0 Å². The summed E-state index contributed by atoms with van der Waals surface area (Å²) in [6.45, 7) is 3.56. The first-order valence-corrected chi connectivity index (χ1v) is 22.0. The molecule has 0 saturated heterocycles. The van der Waals surface area contributed by atoms with Crippen LogP contribution in [0.15, 0.2) is 48.6 Å². The lowest BCUT2D eigenvalue weighted by Gasteiger charge is -2.18. The summed E-state index contributed by atoms with van der Waals surface area (Å²) >= 11 is 0.